The van der Waals surface area contributed by atoms with Crippen molar-refractivity contribution in [3.63, 3.8) is 0 Å². The number of aliphatic hydroxyl groups excluding tert-OH is 1. The van der Waals surface area contributed by atoms with Crippen LogP contribution in [0.15, 0.2) is 41.4 Å². The molecule has 0 aliphatic carbocycles. The van der Waals surface area contributed by atoms with Gasteiger partial charge < -0.3 is 25.2 Å². The summed E-state index contributed by atoms with van der Waals surface area (Å²) < 4.78 is 11.7. The highest BCUT2D eigenvalue weighted by Crippen LogP contribution is 2.31. The third-order valence-corrected chi connectivity index (χ3v) is 5.80. The molecule has 0 aromatic heterocycles. The first-order chi connectivity index (χ1) is 14.9. The summed E-state index contributed by atoms with van der Waals surface area (Å²) in [6.45, 7) is 9.21. The molecule has 6 heteroatoms. The van der Waals surface area contributed by atoms with Crippen molar-refractivity contribution in [3.8, 4) is 11.5 Å². The molecule has 0 saturated carbocycles. The number of aliphatic imine (C=N–C) groups is 1. The molecular formula is C25H35N3O3. The van der Waals surface area contributed by atoms with Gasteiger partial charge in [-0.1, -0.05) is 18.2 Å². The fourth-order valence-electron chi connectivity index (χ4n) is 4.04. The van der Waals surface area contributed by atoms with Crippen LogP contribution in [0.5, 0.6) is 11.5 Å². The van der Waals surface area contributed by atoms with Crippen LogP contribution in [0.1, 0.15) is 35.1 Å². The Bertz CT molecular complexity index is 885. The summed E-state index contributed by atoms with van der Waals surface area (Å²) in [5.41, 5.74) is 4.61. The minimum absolute atomic E-state index is 0.0178. The standard InChI is InChI=1S/C25H35N3O3/c1-18-11-19(2)13-22(12-18)31-23-6-5-21(14-20(23)3)15-27-24(26-4)28-16-25(7-9-29)8-10-30-17-25/h5-6,11-14,29H,7-10,15-17H2,1-4H3,(H2,26,27,28). The first-order valence-corrected chi connectivity index (χ1v) is 10.9. The van der Waals surface area contributed by atoms with E-state index in [1.54, 1.807) is 7.05 Å². The molecule has 1 atom stereocenters. The summed E-state index contributed by atoms with van der Waals surface area (Å²) >= 11 is 0. The van der Waals surface area contributed by atoms with E-state index >= 15 is 0 Å². The van der Waals surface area contributed by atoms with Crippen LogP contribution in [0.25, 0.3) is 0 Å². The number of benzene rings is 2. The second kappa shape index (κ2) is 10.6. The van der Waals surface area contributed by atoms with Gasteiger partial charge in [0.05, 0.1) is 6.61 Å². The minimum atomic E-state index is -0.0178. The van der Waals surface area contributed by atoms with Gasteiger partial charge in [0.25, 0.3) is 0 Å². The lowest BCUT2D eigenvalue weighted by molar-refractivity contribution is 0.127. The van der Waals surface area contributed by atoms with Gasteiger partial charge in [0.1, 0.15) is 11.5 Å². The molecule has 0 radical (unpaired) electrons. The predicted molar refractivity (Wildman–Crippen MR) is 125 cm³/mol. The zero-order valence-corrected chi connectivity index (χ0v) is 19.1. The Balaban J connectivity index is 1.56. The molecule has 1 saturated heterocycles. The van der Waals surface area contributed by atoms with E-state index in [1.165, 1.54) is 11.1 Å². The molecule has 1 fully saturated rings. The number of rotatable bonds is 8. The predicted octanol–water partition coefficient (Wildman–Crippen LogP) is 3.86. The van der Waals surface area contributed by atoms with Crippen molar-refractivity contribution in [3.05, 3.63) is 58.7 Å². The molecular weight excluding hydrogens is 390 g/mol. The van der Waals surface area contributed by atoms with E-state index in [4.69, 9.17) is 9.47 Å². The van der Waals surface area contributed by atoms with Crippen molar-refractivity contribution >= 4 is 5.96 Å². The van der Waals surface area contributed by atoms with E-state index in [9.17, 15) is 5.11 Å². The highest BCUT2D eigenvalue weighted by Gasteiger charge is 2.34. The van der Waals surface area contributed by atoms with Gasteiger partial charge in [-0.15, -0.1) is 0 Å². The lowest BCUT2D eigenvalue weighted by Gasteiger charge is -2.27. The normalized spacial score (nSPS) is 18.8. The van der Waals surface area contributed by atoms with Crippen LogP contribution in [0.4, 0.5) is 0 Å². The number of ether oxygens (including phenoxy) is 2. The number of hydrogen-bond donors (Lipinski definition) is 3. The van der Waals surface area contributed by atoms with Gasteiger partial charge in [0.2, 0.25) is 0 Å². The number of hydrogen-bond acceptors (Lipinski definition) is 4. The van der Waals surface area contributed by atoms with Gasteiger partial charge in [-0.3, -0.25) is 4.99 Å². The summed E-state index contributed by atoms with van der Waals surface area (Å²) in [5.74, 6) is 2.48. The van der Waals surface area contributed by atoms with Gasteiger partial charge in [-0.05, 0) is 74.1 Å². The number of aryl methyl sites for hydroxylation is 3. The highest BCUT2D eigenvalue weighted by atomic mass is 16.5. The van der Waals surface area contributed by atoms with E-state index < -0.39 is 0 Å². The summed E-state index contributed by atoms with van der Waals surface area (Å²) in [4.78, 5) is 4.33. The van der Waals surface area contributed by atoms with Crippen LogP contribution < -0.4 is 15.4 Å². The van der Waals surface area contributed by atoms with Crippen LogP contribution in [0, 0.1) is 26.2 Å². The van der Waals surface area contributed by atoms with Crippen molar-refractivity contribution in [2.45, 2.75) is 40.2 Å². The molecule has 1 aliphatic heterocycles. The molecule has 1 unspecified atom stereocenters. The molecule has 0 bridgehead atoms. The van der Waals surface area contributed by atoms with Gasteiger partial charge in [-0.25, -0.2) is 0 Å². The average molecular weight is 426 g/mol. The summed E-state index contributed by atoms with van der Waals surface area (Å²) in [7, 11) is 1.77. The van der Waals surface area contributed by atoms with Crippen LogP contribution >= 0.6 is 0 Å². The Hall–Kier alpha value is -2.57. The Labute approximate surface area is 185 Å². The third kappa shape index (κ3) is 6.45. The molecule has 0 spiro atoms. The minimum Gasteiger partial charge on any atom is -0.457 e. The Morgan fingerprint density at radius 1 is 1.13 bits per heavy atom. The maximum absolute atomic E-state index is 9.40. The Kier molecular flexibility index (Phi) is 7.93. The molecule has 3 rings (SSSR count). The average Bonchev–Trinajstić information content (AvgIpc) is 3.18. The quantitative estimate of drug-likeness (QED) is 0.442. The van der Waals surface area contributed by atoms with Crippen LogP contribution in [0.3, 0.4) is 0 Å². The third-order valence-electron chi connectivity index (χ3n) is 5.80. The van der Waals surface area contributed by atoms with Gasteiger partial charge in [-0.2, -0.15) is 0 Å². The van der Waals surface area contributed by atoms with E-state index in [0.29, 0.717) is 13.2 Å². The van der Waals surface area contributed by atoms with Gasteiger partial charge in [0, 0.05) is 38.8 Å². The molecule has 0 amide bonds. The molecule has 1 heterocycles. The topological polar surface area (TPSA) is 75.1 Å². The number of nitrogens with one attached hydrogen (secondary N) is 2. The molecule has 2 aromatic rings. The smallest absolute Gasteiger partial charge is 0.191 e. The zero-order chi connectivity index (χ0) is 22.3. The van der Waals surface area contributed by atoms with Crippen molar-refractivity contribution < 1.29 is 14.6 Å². The van der Waals surface area contributed by atoms with Crippen LogP contribution in [-0.4, -0.2) is 44.5 Å². The first-order valence-electron chi connectivity index (χ1n) is 10.9. The molecule has 168 valence electrons. The summed E-state index contributed by atoms with van der Waals surface area (Å²) in [5, 5.41) is 16.2. The Morgan fingerprint density at radius 3 is 2.52 bits per heavy atom. The number of nitrogens with zero attached hydrogens (tertiary/aromatic N) is 1. The maximum Gasteiger partial charge on any atom is 0.191 e. The number of guanidine groups is 1. The fourth-order valence-corrected chi connectivity index (χ4v) is 4.04. The van der Waals surface area contributed by atoms with Crippen molar-refractivity contribution in [2.24, 2.45) is 10.4 Å². The molecule has 31 heavy (non-hydrogen) atoms. The molecule has 6 nitrogen and oxygen atoms in total. The second-order valence-corrected chi connectivity index (χ2v) is 8.58. The van der Waals surface area contributed by atoms with Crippen molar-refractivity contribution in [1.29, 1.82) is 0 Å². The zero-order valence-electron chi connectivity index (χ0n) is 19.1. The van der Waals surface area contributed by atoms with E-state index in [-0.39, 0.29) is 12.0 Å². The lowest BCUT2D eigenvalue weighted by atomic mass is 9.84. The van der Waals surface area contributed by atoms with E-state index in [1.807, 2.05) is 6.07 Å². The highest BCUT2D eigenvalue weighted by molar-refractivity contribution is 5.79. The van der Waals surface area contributed by atoms with Crippen molar-refractivity contribution in [2.75, 3.05) is 33.4 Å². The lowest BCUT2D eigenvalue weighted by Crippen LogP contribution is -2.44. The first kappa shape index (κ1) is 23.1. The summed E-state index contributed by atoms with van der Waals surface area (Å²) in [6, 6.07) is 12.5. The number of aliphatic hydroxyl groups is 1. The maximum atomic E-state index is 9.40. The monoisotopic (exact) mass is 425 g/mol. The Morgan fingerprint density at radius 2 is 1.90 bits per heavy atom. The largest absolute Gasteiger partial charge is 0.457 e. The van der Waals surface area contributed by atoms with Gasteiger partial charge in [0.15, 0.2) is 5.96 Å². The molecule has 3 N–H and O–H groups in total. The SMILES string of the molecule is CN=C(NCc1ccc(Oc2cc(C)cc(C)c2)c(C)c1)NCC1(CCO)CCOC1. The van der Waals surface area contributed by atoms with E-state index in [0.717, 1.165) is 54.6 Å². The molecule has 2 aromatic carbocycles. The van der Waals surface area contributed by atoms with Gasteiger partial charge >= 0.3 is 0 Å². The van der Waals surface area contributed by atoms with Crippen LogP contribution in [0.2, 0.25) is 0 Å². The second-order valence-electron chi connectivity index (χ2n) is 8.58. The summed E-state index contributed by atoms with van der Waals surface area (Å²) in [6.07, 6.45) is 1.69. The van der Waals surface area contributed by atoms with E-state index in [2.05, 4.69) is 66.7 Å². The van der Waals surface area contributed by atoms with Crippen LogP contribution in [-0.2, 0) is 11.3 Å². The molecule has 1 aliphatic rings. The van der Waals surface area contributed by atoms with Crippen molar-refractivity contribution in [1.82, 2.24) is 10.6 Å². The fraction of sp³-hybridized carbons (Fsp3) is 0.480.